The van der Waals surface area contributed by atoms with Crippen molar-refractivity contribution < 1.29 is 19.1 Å². The number of aromatic nitrogens is 1. The molecule has 2 rings (SSSR count). The molecular formula is C16H18N2O4S. The van der Waals surface area contributed by atoms with Gasteiger partial charge in [-0.3, -0.25) is 10.1 Å². The van der Waals surface area contributed by atoms with Gasteiger partial charge in [-0.25, -0.2) is 9.78 Å². The van der Waals surface area contributed by atoms with Gasteiger partial charge < -0.3 is 9.47 Å². The van der Waals surface area contributed by atoms with Crippen LogP contribution in [0, 0.1) is 6.92 Å². The molecule has 0 bridgehead atoms. The summed E-state index contributed by atoms with van der Waals surface area (Å²) in [5, 5.41) is 3.02. The van der Waals surface area contributed by atoms with E-state index in [1.165, 1.54) is 7.11 Å². The highest BCUT2D eigenvalue weighted by Crippen LogP contribution is 2.25. The van der Waals surface area contributed by atoms with Crippen molar-refractivity contribution in [2.45, 2.75) is 26.9 Å². The van der Waals surface area contributed by atoms with Crippen LogP contribution < -0.4 is 10.1 Å². The van der Waals surface area contributed by atoms with E-state index in [-0.39, 0.29) is 12.0 Å². The summed E-state index contributed by atoms with van der Waals surface area (Å²) in [7, 11) is 1.50. The topological polar surface area (TPSA) is 77.5 Å². The molecule has 7 heteroatoms. The molecule has 0 atom stereocenters. The molecule has 0 aliphatic heterocycles. The van der Waals surface area contributed by atoms with Crippen LogP contribution in [0.3, 0.4) is 0 Å². The molecule has 1 aromatic carbocycles. The van der Waals surface area contributed by atoms with Gasteiger partial charge in [0.25, 0.3) is 5.91 Å². The SMILES string of the molecule is COc1ccccc1C(=O)Nc1nc(C)c(C(=O)OC(C)C)s1. The Kier molecular flexibility index (Phi) is 5.33. The standard InChI is InChI=1S/C16H18N2O4S/c1-9(2)22-15(20)13-10(3)17-16(23-13)18-14(19)11-7-5-6-8-12(11)21-4/h5-9H,1-4H3,(H,17,18,19). The van der Waals surface area contributed by atoms with E-state index in [1.54, 1.807) is 45.0 Å². The third-order valence-corrected chi connectivity index (χ3v) is 3.95. The van der Waals surface area contributed by atoms with Crippen LogP contribution in [0.2, 0.25) is 0 Å². The van der Waals surface area contributed by atoms with Gasteiger partial charge >= 0.3 is 5.97 Å². The van der Waals surface area contributed by atoms with Gasteiger partial charge in [-0.05, 0) is 32.9 Å². The number of anilines is 1. The number of methoxy groups -OCH3 is 1. The van der Waals surface area contributed by atoms with Gasteiger partial charge in [0.05, 0.1) is 24.5 Å². The van der Waals surface area contributed by atoms with Gasteiger partial charge in [0.1, 0.15) is 10.6 Å². The first-order chi connectivity index (χ1) is 10.9. The monoisotopic (exact) mass is 334 g/mol. The second-order valence-corrected chi connectivity index (χ2v) is 6.04. The smallest absolute Gasteiger partial charge is 0.350 e. The number of ether oxygens (including phenoxy) is 2. The Morgan fingerprint density at radius 2 is 1.96 bits per heavy atom. The molecule has 0 aliphatic carbocycles. The van der Waals surface area contributed by atoms with Crippen molar-refractivity contribution in [1.82, 2.24) is 4.98 Å². The van der Waals surface area contributed by atoms with Crippen molar-refractivity contribution in [1.29, 1.82) is 0 Å². The maximum Gasteiger partial charge on any atom is 0.350 e. The van der Waals surface area contributed by atoms with Gasteiger partial charge in [-0.2, -0.15) is 0 Å². The zero-order valence-corrected chi connectivity index (χ0v) is 14.2. The van der Waals surface area contributed by atoms with Gasteiger partial charge in [-0.15, -0.1) is 0 Å². The lowest BCUT2D eigenvalue weighted by Crippen LogP contribution is -2.12. The number of hydrogen-bond acceptors (Lipinski definition) is 6. The minimum Gasteiger partial charge on any atom is -0.496 e. The molecule has 0 radical (unpaired) electrons. The fourth-order valence-electron chi connectivity index (χ4n) is 1.90. The average Bonchev–Trinajstić information content (AvgIpc) is 2.87. The molecule has 1 amide bonds. The number of rotatable bonds is 5. The summed E-state index contributed by atoms with van der Waals surface area (Å²) in [5.74, 6) is -0.314. The Labute approximate surface area is 138 Å². The van der Waals surface area contributed by atoms with E-state index in [9.17, 15) is 9.59 Å². The minimum absolute atomic E-state index is 0.212. The summed E-state index contributed by atoms with van der Waals surface area (Å²) in [4.78, 5) is 28.9. The molecule has 23 heavy (non-hydrogen) atoms. The number of nitrogens with one attached hydrogen (secondary N) is 1. The molecule has 0 aliphatic rings. The predicted molar refractivity (Wildman–Crippen MR) is 88.3 cm³/mol. The highest BCUT2D eigenvalue weighted by Gasteiger charge is 2.20. The maximum atomic E-state index is 12.3. The predicted octanol–water partition coefficient (Wildman–Crippen LogP) is 3.28. The highest BCUT2D eigenvalue weighted by atomic mass is 32.1. The first kappa shape index (κ1) is 17.0. The van der Waals surface area contributed by atoms with Crippen LogP contribution in [0.25, 0.3) is 0 Å². The van der Waals surface area contributed by atoms with Gasteiger partial charge in [0.2, 0.25) is 0 Å². The van der Waals surface area contributed by atoms with Crippen molar-refractivity contribution in [3.8, 4) is 5.75 Å². The van der Waals surface area contributed by atoms with E-state index < -0.39 is 5.97 Å². The molecule has 0 saturated carbocycles. The first-order valence-corrected chi connectivity index (χ1v) is 7.86. The summed E-state index contributed by atoms with van der Waals surface area (Å²) >= 11 is 1.09. The molecule has 0 spiro atoms. The first-order valence-electron chi connectivity index (χ1n) is 7.05. The second kappa shape index (κ2) is 7.23. The molecule has 1 heterocycles. The van der Waals surface area contributed by atoms with Crippen molar-refractivity contribution >= 4 is 28.3 Å². The third-order valence-electron chi connectivity index (χ3n) is 2.90. The summed E-state index contributed by atoms with van der Waals surface area (Å²) in [5.41, 5.74) is 0.921. The van der Waals surface area contributed by atoms with Crippen LogP contribution >= 0.6 is 11.3 Å². The van der Waals surface area contributed by atoms with E-state index in [0.717, 1.165) is 11.3 Å². The molecule has 1 N–H and O–H groups in total. The molecule has 2 aromatic rings. The zero-order valence-electron chi connectivity index (χ0n) is 13.4. The maximum absolute atomic E-state index is 12.3. The van der Waals surface area contributed by atoms with E-state index in [2.05, 4.69) is 10.3 Å². The third kappa shape index (κ3) is 4.07. The zero-order chi connectivity index (χ0) is 17.0. The van der Waals surface area contributed by atoms with Crippen LogP contribution in [0.5, 0.6) is 5.75 Å². The number of amides is 1. The number of hydrogen-bond donors (Lipinski definition) is 1. The normalized spacial score (nSPS) is 10.5. The summed E-state index contributed by atoms with van der Waals surface area (Å²) < 4.78 is 10.3. The van der Waals surface area contributed by atoms with Crippen LogP contribution in [-0.4, -0.2) is 30.1 Å². The lowest BCUT2D eigenvalue weighted by atomic mass is 10.2. The Hall–Kier alpha value is -2.41. The Bertz CT molecular complexity index is 725. The van der Waals surface area contributed by atoms with Crippen LogP contribution in [-0.2, 0) is 4.74 Å². The molecule has 0 fully saturated rings. The van der Waals surface area contributed by atoms with Crippen LogP contribution in [0.4, 0.5) is 5.13 Å². The summed E-state index contributed by atoms with van der Waals surface area (Å²) in [6.07, 6.45) is -0.212. The van der Waals surface area contributed by atoms with Crippen molar-refractivity contribution in [3.05, 3.63) is 40.4 Å². The van der Waals surface area contributed by atoms with E-state index in [0.29, 0.717) is 27.0 Å². The van der Waals surface area contributed by atoms with E-state index in [1.807, 2.05) is 0 Å². The number of nitrogens with zero attached hydrogens (tertiary/aromatic N) is 1. The van der Waals surface area contributed by atoms with E-state index in [4.69, 9.17) is 9.47 Å². The fourth-order valence-corrected chi connectivity index (χ4v) is 2.75. The minimum atomic E-state index is -0.437. The number of aryl methyl sites for hydroxylation is 1. The molecule has 122 valence electrons. The summed E-state index contributed by atoms with van der Waals surface area (Å²) in [6, 6.07) is 6.88. The molecule has 1 aromatic heterocycles. The number of benzene rings is 1. The number of carbonyl (C=O) groups excluding carboxylic acids is 2. The molecule has 0 saturated heterocycles. The van der Waals surface area contributed by atoms with Crippen LogP contribution in [0.15, 0.2) is 24.3 Å². The average molecular weight is 334 g/mol. The van der Waals surface area contributed by atoms with Crippen molar-refractivity contribution in [2.75, 3.05) is 12.4 Å². The Morgan fingerprint density at radius 1 is 1.26 bits per heavy atom. The number of carbonyl (C=O) groups is 2. The van der Waals surface area contributed by atoms with Gasteiger partial charge in [0, 0.05) is 0 Å². The van der Waals surface area contributed by atoms with Crippen LogP contribution in [0.1, 0.15) is 39.6 Å². The quantitative estimate of drug-likeness (QED) is 0.849. The Balaban J connectivity index is 2.18. The highest BCUT2D eigenvalue weighted by molar-refractivity contribution is 7.17. The molecule has 6 nitrogen and oxygen atoms in total. The summed E-state index contributed by atoms with van der Waals surface area (Å²) in [6.45, 7) is 5.25. The second-order valence-electron chi connectivity index (χ2n) is 5.04. The van der Waals surface area contributed by atoms with Crippen molar-refractivity contribution in [2.24, 2.45) is 0 Å². The number of para-hydroxylation sites is 1. The lowest BCUT2D eigenvalue weighted by Gasteiger charge is -2.07. The Morgan fingerprint density at radius 3 is 2.61 bits per heavy atom. The van der Waals surface area contributed by atoms with Gasteiger partial charge in [-0.1, -0.05) is 23.5 Å². The van der Waals surface area contributed by atoms with Gasteiger partial charge in [0.15, 0.2) is 5.13 Å². The van der Waals surface area contributed by atoms with E-state index >= 15 is 0 Å². The fraction of sp³-hybridized carbons (Fsp3) is 0.312. The molecular weight excluding hydrogens is 316 g/mol. The largest absolute Gasteiger partial charge is 0.496 e. The number of esters is 1. The lowest BCUT2D eigenvalue weighted by molar-refractivity contribution is 0.0382. The molecule has 0 unspecified atom stereocenters. The van der Waals surface area contributed by atoms with Crippen molar-refractivity contribution in [3.63, 3.8) is 0 Å². The number of thiazole rings is 1.